The van der Waals surface area contributed by atoms with Gasteiger partial charge in [0, 0.05) is 12.6 Å². The van der Waals surface area contributed by atoms with Crippen LogP contribution in [0.1, 0.15) is 17.2 Å². The van der Waals surface area contributed by atoms with Gasteiger partial charge in [-0.25, -0.2) is 8.42 Å². The summed E-state index contributed by atoms with van der Waals surface area (Å²) in [5.41, 5.74) is 1.24. The monoisotopic (exact) mass is 348 g/mol. The highest BCUT2D eigenvalue weighted by Gasteiger charge is 2.38. The highest BCUT2D eigenvalue weighted by Crippen LogP contribution is 2.36. The maximum absolute atomic E-state index is 13.0. The maximum Gasteiger partial charge on any atom is 0.289 e. The molecule has 0 bridgehead atoms. The van der Waals surface area contributed by atoms with Crippen molar-refractivity contribution < 1.29 is 18.4 Å². The standard InChI is InChI=1S/C16H16N2O5S/c19-11-15-13-6-2-1-5-12(13)9-10-17(15)24(22,23)16-8-4-3-7-14(16)18(20)21/h1-8,15,19H,9-11H2/t15-/m0/s1. The fraction of sp³-hybridized carbons (Fsp3) is 0.250. The number of fused-ring (bicyclic) bond motifs is 1. The van der Waals surface area contributed by atoms with Gasteiger partial charge in [-0.1, -0.05) is 36.4 Å². The summed E-state index contributed by atoms with van der Waals surface area (Å²) in [5.74, 6) is 0. The Kier molecular flexibility index (Phi) is 4.35. The summed E-state index contributed by atoms with van der Waals surface area (Å²) in [6.45, 7) is -0.229. The average Bonchev–Trinajstić information content (AvgIpc) is 2.60. The minimum Gasteiger partial charge on any atom is -0.394 e. The maximum atomic E-state index is 13.0. The van der Waals surface area contributed by atoms with Crippen LogP contribution in [-0.4, -0.2) is 35.9 Å². The Morgan fingerprint density at radius 1 is 1.17 bits per heavy atom. The Hall–Kier alpha value is -2.29. The molecule has 0 spiro atoms. The van der Waals surface area contributed by atoms with Crippen LogP contribution in [0.3, 0.4) is 0 Å². The third-order valence-electron chi connectivity index (χ3n) is 4.18. The van der Waals surface area contributed by atoms with Crippen molar-refractivity contribution in [1.82, 2.24) is 4.31 Å². The molecule has 0 radical (unpaired) electrons. The fourth-order valence-corrected chi connectivity index (χ4v) is 4.82. The molecule has 0 saturated carbocycles. The van der Waals surface area contributed by atoms with Gasteiger partial charge in [-0.05, 0) is 23.6 Å². The largest absolute Gasteiger partial charge is 0.394 e. The van der Waals surface area contributed by atoms with Crippen molar-refractivity contribution in [3.05, 3.63) is 69.8 Å². The molecule has 2 aromatic rings. The number of rotatable bonds is 4. The Morgan fingerprint density at radius 2 is 1.83 bits per heavy atom. The highest BCUT2D eigenvalue weighted by atomic mass is 32.2. The minimum atomic E-state index is -4.11. The van der Waals surface area contributed by atoms with Gasteiger partial charge >= 0.3 is 0 Å². The smallest absolute Gasteiger partial charge is 0.289 e. The Morgan fingerprint density at radius 3 is 2.54 bits per heavy atom. The normalized spacial score (nSPS) is 18.1. The first-order valence-corrected chi connectivity index (χ1v) is 8.84. The molecule has 3 rings (SSSR count). The van der Waals surface area contributed by atoms with Gasteiger partial charge in [-0.3, -0.25) is 10.1 Å². The molecule has 126 valence electrons. The number of aliphatic hydroxyl groups excluding tert-OH is 1. The molecule has 8 heteroatoms. The number of benzene rings is 2. The van der Waals surface area contributed by atoms with Crippen molar-refractivity contribution in [3.63, 3.8) is 0 Å². The SMILES string of the molecule is O=[N+]([O-])c1ccccc1S(=O)(=O)N1CCc2ccccc2[C@@H]1CO. The number of aliphatic hydroxyl groups is 1. The molecular formula is C16H16N2O5S. The molecule has 2 aromatic carbocycles. The summed E-state index contributed by atoms with van der Waals surface area (Å²) in [7, 11) is -4.11. The van der Waals surface area contributed by atoms with E-state index in [-0.39, 0.29) is 11.4 Å². The molecule has 0 saturated heterocycles. The van der Waals surface area contributed by atoms with Gasteiger partial charge in [-0.15, -0.1) is 0 Å². The Bertz CT molecular complexity index is 882. The quantitative estimate of drug-likeness (QED) is 0.671. The van der Waals surface area contributed by atoms with Crippen LogP contribution < -0.4 is 0 Å². The van der Waals surface area contributed by atoms with Gasteiger partial charge < -0.3 is 5.11 Å². The van der Waals surface area contributed by atoms with Gasteiger partial charge in [-0.2, -0.15) is 4.31 Å². The third kappa shape index (κ3) is 2.68. The second kappa shape index (κ2) is 6.31. The molecular weight excluding hydrogens is 332 g/mol. The van der Waals surface area contributed by atoms with Crippen LogP contribution >= 0.6 is 0 Å². The number of hydrogen-bond donors (Lipinski definition) is 1. The first-order valence-electron chi connectivity index (χ1n) is 7.40. The predicted octanol–water partition coefficient (Wildman–Crippen LogP) is 1.88. The Balaban J connectivity index is 2.10. The van der Waals surface area contributed by atoms with Crippen molar-refractivity contribution in [2.45, 2.75) is 17.4 Å². The van der Waals surface area contributed by atoms with Crippen molar-refractivity contribution in [2.75, 3.05) is 13.2 Å². The molecule has 7 nitrogen and oxygen atoms in total. The van der Waals surface area contributed by atoms with Crippen LogP contribution in [0.15, 0.2) is 53.4 Å². The van der Waals surface area contributed by atoms with Crippen LogP contribution in [0.25, 0.3) is 0 Å². The summed E-state index contributed by atoms with van der Waals surface area (Å²) >= 11 is 0. The lowest BCUT2D eigenvalue weighted by molar-refractivity contribution is -0.387. The zero-order valence-electron chi connectivity index (χ0n) is 12.7. The van der Waals surface area contributed by atoms with E-state index >= 15 is 0 Å². The van der Waals surface area contributed by atoms with Crippen molar-refractivity contribution in [1.29, 1.82) is 0 Å². The zero-order chi connectivity index (χ0) is 17.3. The van der Waals surface area contributed by atoms with Crippen LogP contribution in [0.4, 0.5) is 5.69 Å². The molecule has 1 aliphatic rings. The van der Waals surface area contributed by atoms with Crippen LogP contribution in [0.5, 0.6) is 0 Å². The summed E-state index contributed by atoms with van der Waals surface area (Å²) in [6, 6.07) is 11.8. The minimum absolute atomic E-state index is 0.163. The van der Waals surface area contributed by atoms with Crippen LogP contribution in [0.2, 0.25) is 0 Å². The molecule has 0 fully saturated rings. The fourth-order valence-electron chi connectivity index (χ4n) is 3.06. The molecule has 0 aliphatic carbocycles. The lowest BCUT2D eigenvalue weighted by atomic mass is 9.95. The molecule has 1 heterocycles. The zero-order valence-corrected chi connectivity index (χ0v) is 13.5. The second-order valence-electron chi connectivity index (χ2n) is 5.49. The molecule has 0 aromatic heterocycles. The topological polar surface area (TPSA) is 101 Å². The van der Waals surface area contributed by atoms with E-state index in [0.29, 0.717) is 6.42 Å². The number of hydrogen-bond acceptors (Lipinski definition) is 5. The van der Waals surface area contributed by atoms with Gasteiger partial charge in [0.1, 0.15) is 0 Å². The van der Waals surface area contributed by atoms with Crippen LogP contribution in [0, 0.1) is 10.1 Å². The second-order valence-corrected chi connectivity index (χ2v) is 7.35. The van der Waals surface area contributed by atoms with Crippen molar-refractivity contribution in [3.8, 4) is 0 Å². The van der Waals surface area contributed by atoms with E-state index in [1.165, 1.54) is 24.3 Å². The summed E-state index contributed by atoms with van der Waals surface area (Å²) in [4.78, 5) is 10.1. The van der Waals surface area contributed by atoms with E-state index in [9.17, 15) is 23.6 Å². The molecule has 0 amide bonds. The molecule has 1 atom stereocenters. The molecule has 1 N–H and O–H groups in total. The van der Waals surface area contributed by atoms with E-state index < -0.39 is 33.3 Å². The number of nitrogens with zero attached hydrogens (tertiary/aromatic N) is 2. The number of nitro benzene ring substituents is 1. The van der Waals surface area contributed by atoms with E-state index in [1.54, 1.807) is 12.1 Å². The summed E-state index contributed by atoms with van der Waals surface area (Å²) in [5, 5.41) is 20.9. The van der Waals surface area contributed by atoms with E-state index in [0.717, 1.165) is 15.4 Å². The molecule has 1 aliphatic heterocycles. The summed E-state index contributed by atoms with van der Waals surface area (Å²) < 4.78 is 27.2. The van der Waals surface area contributed by atoms with E-state index in [2.05, 4.69) is 0 Å². The first-order chi connectivity index (χ1) is 11.5. The lowest BCUT2D eigenvalue weighted by Gasteiger charge is -2.35. The lowest BCUT2D eigenvalue weighted by Crippen LogP contribution is -2.41. The van der Waals surface area contributed by atoms with Gasteiger partial charge in [0.2, 0.25) is 0 Å². The first kappa shape index (κ1) is 16.6. The Labute approximate surface area is 139 Å². The van der Waals surface area contributed by atoms with Crippen molar-refractivity contribution in [2.24, 2.45) is 0 Å². The third-order valence-corrected chi connectivity index (χ3v) is 6.14. The number of para-hydroxylation sites is 1. The number of sulfonamides is 1. The predicted molar refractivity (Wildman–Crippen MR) is 87.0 cm³/mol. The summed E-state index contributed by atoms with van der Waals surface area (Å²) in [6.07, 6.45) is 0.493. The highest BCUT2D eigenvalue weighted by molar-refractivity contribution is 7.89. The van der Waals surface area contributed by atoms with E-state index in [4.69, 9.17) is 0 Å². The number of nitro groups is 1. The van der Waals surface area contributed by atoms with Gasteiger partial charge in [0.15, 0.2) is 4.90 Å². The van der Waals surface area contributed by atoms with Crippen LogP contribution in [-0.2, 0) is 16.4 Å². The van der Waals surface area contributed by atoms with Gasteiger partial charge in [0.25, 0.3) is 15.7 Å². The van der Waals surface area contributed by atoms with Crippen molar-refractivity contribution >= 4 is 15.7 Å². The average molecular weight is 348 g/mol. The molecule has 0 unspecified atom stereocenters. The van der Waals surface area contributed by atoms with Gasteiger partial charge in [0.05, 0.1) is 17.6 Å². The van der Waals surface area contributed by atoms with E-state index in [1.807, 2.05) is 12.1 Å². The molecule has 24 heavy (non-hydrogen) atoms.